The summed E-state index contributed by atoms with van der Waals surface area (Å²) in [6, 6.07) is 8.32. The second kappa shape index (κ2) is 7.89. The lowest BCUT2D eigenvalue weighted by Crippen LogP contribution is -2.24. The molecule has 6 nitrogen and oxygen atoms in total. The van der Waals surface area contributed by atoms with Gasteiger partial charge >= 0.3 is 0 Å². The van der Waals surface area contributed by atoms with Crippen LogP contribution in [0.3, 0.4) is 0 Å². The van der Waals surface area contributed by atoms with Crippen molar-refractivity contribution in [2.75, 3.05) is 24.5 Å². The number of nitrogens with one attached hydrogen (secondary N) is 1. The molecular weight excluding hydrogens is 374 g/mol. The highest BCUT2D eigenvalue weighted by Gasteiger charge is 2.23. The molecule has 1 fully saturated rings. The number of aromatic nitrogens is 3. The molecule has 7 heteroatoms. The molecule has 0 atom stereocenters. The van der Waals surface area contributed by atoms with E-state index in [1.807, 2.05) is 19.2 Å². The highest BCUT2D eigenvalue weighted by atomic mass is 35.5. The van der Waals surface area contributed by atoms with Crippen molar-refractivity contribution in [1.29, 1.82) is 0 Å². The normalized spacial score (nSPS) is 16.0. The fourth-order valence-corrected chi connectivity index (χ4v) is 4.19. The fraction of sp³-hybridized carbons (Fsp3) is 0.381. The fourth-order valence-electron chi connectivity index (χ4n) is 4.19. The molecule has 2 aliphatic heterocycles. The van der Waals surface area contributed by atoms with E-state index >= 15 is 0 Å². The van der Waals surface area contributed by atoms with Gasteiger partial charge in [-0.1, -0.05) is 17.3 Å². The van der Waals surface area contributed by atoms with Gasteiger partial charge in [-0.2, -0.15) is 4.98 Å². The maximum atomic E-state index is 5.72. The molecule has 0 radical (unpaired) electrons. The Balaban J connectivity index is 0.00000192. The second-order valence-corrected chi connectivity index (χ2v) is 7.28. The molecule has 0 amide bonds. The summed E-state index contributed by atoms with van der Waals surface area (Å²) >= 11 is 0. The molecule has 4 heterocycles. The van der Waals surface area contributed by atoms with E-state index in [2.05, 4.69) is 38.6 Å². The van der Waals surface area contributed by atoms with Crippen LogP contribution in [0.1, 0.15) is 29.7 Å². The number of nitrogens with zero attached hydrogens (tertiary/aromatic N) is 4. The van der Waals surface area contributed by atoms with E-state index in [-0.39, 0.29) is 12.4 Å². The number of rotatable bonds is 3. The number of anilines is 1. The maximum Gasteiger partial charge on any atom is 0.260 e. The van der Waals surface area contributed by atoms with Gasteiger partial charge in [-0.15, -0.1) is 12.4 Å². The van der Waals surface area contributed by atoms with Gasteiger partial charge in [-0.05, 0) is 56.0 Å². The van der Waals surface area contributed by atoms with Gasteiger partial charge in [0.25, 0.3) is 5.89 Å². The van der Waals surface area contributed by atoms with Crippen LogP contribution >= 0.6 is 12.4 Å². The molecule has 1 saturated heterocycles. The standard InChI is InChI=1S/C21H23N5O.ClH/c1-14-19(16-8-9-22-12-15(16)13-23-14)20-24-21(27-25-20)17-6-2-3-7-18(17)26-10-4-5-11-26;/h2-3,6-7,13,22H,4-5,8-12H2,1H3;1H. The van der Waals surface area contributed by atoms with E-state index in [9.17, 15) is 0 Å². The Bertz CT molecular complexity index is 981. The topological polar surface area (TPSA) is 67.1 Å². The van der Waals surface area contributed by atoms with Gasteiger partial charge in [-0.3, -0.25) is 4.98 Å². The zero-order valence-corrected chi connectivity index (χ0v) is 16.8. The first kappa shape index (κ1) is 18.9. The van der Waals surface area contributed by atoms with Crippen molar-refractivity contribution in [3.05, 3.63) is 47.3 Å². The minimum Gasteiger partial charge on any atom is -0.371 e. The summed E-state index contributed by atoms with van der Waals surface area (Å²) in [4.78, 5) is 11.8. The Morgan fingerprint density at radius 3 is 2.82 bits per heavy atom. The number of benzene rings is 1. The first-order valence-corrected chi connectivity index (χ1v) is 9.68. The molecule has 5 rings (SSSR count). The van der Waals surface area contributed by atoms with Gasteiger partial charge < -0.3 is 14.7 Å². The van der Waals surface area contributed by atoms with Crippen molar-refractivity contribution in [2.45, 2.75) is 32.7 Å². The van der Waals surface area contributed by atoms with Crippen molar-refractivity contribution in [3.8, 4) is 22.8 Å². The van der Waals surface area contributed by atoms with E-state index in [0.717, 1.165) is 49.4 Å². The van der Waals surface area contributed by atoms with Crippen LogP contribution in [-0.2, 0) is 13.0 Å². The van der Waals surface area contributed by atoms with Crippen LogP contribution < -0.4 is 10.2 Å². The van der Waals surface area contributed by atoms with Crippen molar-refractivity contribution in [1.82, 2.24) is 20.4 Å². The van der Waals surface area contributed by atoms with Crippen molar-refractivity contribution < 1.29 is 4.52 Å². The number of pyridine rings is 1. The Hall–Kier alpha value is -2.44. The molecule has 0 saturated carbocycles. The minimum absolute atomic E-state index is 0. The minimum atomic E-state index is 0. The molecule has 0 spiro atoms. The summed E-state index contributed by atoms with van der Waals surface area (Å²) in [6.45, 7) is 6.00. The predicted molar refractivity (Wildman–Crippen MR) is 112 cm³/mol. The Labute approximate surface area is 170 Å². The SMILES string of the molecule is Cc1ncc2c(c1-c1noc(-c3ccccc3N3CCCC3)n1)CCNC2.Cl. The average molecular weight is 398 g/mol. The van der Waals surface area contributed by atoms with Crippen LogP contribution in [-0.4, -0.2) is 34.8 Å². The van der Waals surface area contributed by atoms with Gasteiger partial charge in [0.2, 0.25) is 5.82 Å². The zero-order chi connectivity index (χ0) is 18.2. The molecule has 3 aromatic rings. The van der Waals surface area contributed by atoms with Gasteiger partial charge in [0, 0.05) is 42.8 Å². The summed E-state index contributed by atoms with van der Waals surface area (Å²) < 4.78 is 5.72. The van der Waals surface area contributed by atoms with E-state index in [4.69, 9.17) is 9.51 Å². The van der Waals surface area contributed by atoms with Crippen LogP contribution in [0.5, 0.6) is 0 Å². The molecule has 1 N–H and O–H groups in total. The lowest BCUT2D eigenvalue weighted by molar-refractivity contribution is 0.432. The third-order valence-electron chi connectivity index (χ3n) is 5.56. The number of para-hydroxylation sites is 1. The van der Waals surface area contributed by atoms with Crippen molar-refractivity contribution in [2.24, 2.45) is 0 Å². The van der Waals surface area contributed by atoms with E-state index in [0.29, 0.717) is 11.7 Å². The molecule has 28 heavy (non-hydrogen) atoms. The summed E-state index contributed by atoms with van der Waals surface area (Å²) in [5.41, 5.74) is 6.69. The predicted octanol–water partition coefficient (Wildman–Crippen LogP) is 3.77. The third kappa shape index (κ3) is 3.27. The smallest absolute Gasteiger partial charge is 0.260 e. The lowest BCUT2D eigenvalue weighted by atomic mass is 9.95. The molecule has 0 aliphatic carbocycles. The summed E-state index contributed by atoms with van der Waals surface area (Å²) in [6.07, 6.45) is 5.39. The Morgan fingerprint density at radius 1 is 1.14 bits per heavy atom. The third-order valence-corrected chi connectivity index (χ3v) is 5.56. The molecule has 2 aliphatic rings. The number of aryl methyl sites for hydroxylation is 1. The van der Waals surface area contributed by atoms with E-state index in [1.165, 1.54) is 29.7 Å². The van der Waals surface area contributed by atoms with Gasteiger partial charge in [0.05, 0.1) is 5.56 Å². The van der Waals surface area contributed by atoms with Crippen LogP contribution in [0.25, 0.3) is 22.8 Å². The monoisotopic (exact) mass is 397 g/mol. The molecule has 0 bridgehead atoms. The molecule has 1 aromatic carbocycles. The second-order valence-electron chi connectivity index (χ2n) is 7.28. The number of hydrogen-bond donors (Lipinski definition) is 1. The highest BCUT2D eigenvalue weighted by molar-refractivity contribution is 5.85. The van der Waals surface area contributed by atoms with Crippen LogP contribution in [0.15, 0.2) is 35.0 Å². The number of hydrogen-bond acceptors (Lipinski definition) is 6. The number of halogens is 1. The van der Waals surface area contributed by atoms with Gasteiger partial charge in [-0.25, -0.2) is 0 Å². The van der Waals surface area contributed by atoms with E-state index < -0.39 is 0 Å². The molecule has 2 aromatic heterocycles. The Morgan fingerprint density at radius 2 is 1.96 bits per heavy atom. The van der Waals surface area contributed by atoms with E-state index in [1.54, 1.807) is 0 Å². The first-order valence-electron chi connectivity index (χ1n) is 9.68. The zero-order valence-electron chi connectivity index (χ0n) is 15.9. The summed E-state index contributed by atoms with van der Waals surface area (Å²) in [7, 11) is 0. The quantitative estimate of drug-likeness (QED) is 0.725. The Kier molecular flexibility index (Phi) is 5.33. The molecular formula is C21H24ClN5O. The molecule has 146 valence electrons. The van der Waals surface area contributed by atoms with Crippen molar-refractivity contribution in [3.63, 3.8) is 0 Å². The van der Waals surface area contributed by atoms with Crippen LogP contribution in [0, 0.1) is 6.92 Å². The number of fused-ring (bicyclic) bond motifs is 1. The first-order chi connectivity index (χ1) is 13.3. The molecule has 0 unspecified atom stereocenters. The van der Waals surface area contributed by atoms with Crippen LogP contribution in [0.4, 0.5) is 5.69 Å². The van der Waals surface area contributed by atoms with Gasteiger partial charge in [0.1, 0.15) is 0 Å². The summed E-state index contributed by atoms with van der Waals surface area (Å²) in [5, 5.41) is 7.73. The maximum absolute atomic E-state index is 5.72. The highest BCUT2D eigenvalue weighted by Crippen LogP contribution is 2.34. The van der Waals surface area contributed by atoms with Crippen molar-refractivity contribution >= 4 is 18.1 Å². The lowest BCUT2D eigenvalue weighted by Gasteiger charge is -2.20. The van der Waals surface area contributed by atoms with Gasteiger partial charge in [0.15, 0.2) is 0 Å². The average Bonchev–Trinajstić information content (AvgIpc) is 3.40. The van der Waals surface area contributed by atoms with Crippen LogP contribution in [0.2, 0.25) is 0 Å². The largest absolute Gasteiger partial charge is 0.371 e. The summed E-state index contributed by atoms with van der Waals surface area (Å²) in [5.74, 6) is 1.23.